The molecule has 1 N–H and O–H groups in total. The highest BCUT2D eigenvalue weighted by Crippen LogP contribution is 2.32. The van der Waals surface area contributed by atoms with Gasteiger partial charge in [0.25, 0.3) is 0 Å². The summed E-state index contributed by atoms with van der Waals surface area (Å²) in [6.45, 7) is 0.667. The van der Waals surface area contributed by atoms with E-state index >= 15 is 0 Å². The number of halogens is 4. The highest BCUT2D eigenvalue weighted by atomic mass is 35.5. The number of carbonyl (C=O) groups is 1. The van der Waals surface area contributed by atoms with Crippen LogP contribution in [0, 0.1) is 0 Å². The molecule has 1 amide bonds. The molecule has 1 aromatic carbocycles. The van der Waals surface area contributed by atoms with Crippen molar-refractivity contribution in [3.63, 3.8) is 0 Å². The number of alkyl halides is 3. The first kappa shape index (κ1) is 16.5. The van der Waals surface area contributed by atoms with E-state index in [-0.39, 0.29) is 10.6 Å². The molecule has 110 valence electrons. The summed E-state index contributed by atoms with van der Waals surface area (Å²) in [6.07, 6.45) is -2.09. The molecule has 0 saturated carbocycles. The second-order valence-corrected chi connectivity index (χ2v) is 4.26. The van der Waals surface area contributed by atoms with Crippen LogP contribution in [-0.2, 0) is 15.7 Å². The van der Waals surface area contributed by atoms with E-state index in [0.29, 0.717) is 13.2 Å². The molecule has 0 aliphatic heterocycles. The SMILES string of the molecule is COCCNC(=O)/C=C/c1cc(C(F)(F)F)ccc1Cl. The molecule has 1 rings (SSSR count). The van der Waals surface area contributed by atoms with Crippen molar-refractivity contribution >= 4 is 23.6 Å². The minimum absolute atomic E-state index is 0.128. The second-order valence-electron chi connectivity index (χ2n) is 3.85. The van der Waals surface area contributed by atoms with Crippen molar-refractivity contribution in [2.75, 3.05) is 20.3 Å². The van der Waals surface area contributed by atoms with Crippen LogP contribution in [0.4, 0.5) is 13.2 Å². The zero-order chi connectivity index (χ0) is 15.2. The van der Waals surface area contributed by atoms with Gasteiger partial charge in [-0.05, 0) is 29.8 Å². The summed E-state index contributed by atoms with van der Waals surface area (Å²) < 4.78 is 42.4. The number of benzene rings is 1. The van der Waals surface area contributed by atoms with Gasteiger partial charge in [-0.15, -0.1) is 0 Å². The number of methoxy groups -OCH3 is 1. The summed E-state index contributed by atoms with van der Waals surface area (Å²) in [7, 11) is 1.49. The van der Waals surface area contributed by atoms with Crippen LogP contribution in [0.15, 0.2) is 24.3 Å². The predicted molar refractivity (Wildman–Crippen MR) is 70.4 cm³/mol. The average molecular weight is 308 g/mol. The third kappa shape index (κ3) is 5.22. The molecule has 0 bridgehead atoms. The molecule has 0 saturated heterocycles. The van der Waals surface area contributed by atoms with Gasteiger partial charge in [0, 0.05) is 24.8 Å². The normalized spacial score (nSPS) is 11.8. The number of hydrogen-bond acceptors (Lipinski definition) is 2. The number of hydrogen-bond donors (Lipinski definition) is 1. The largest absolute Gasteiger partial charge is 0.416 e. The van der Waals surface area contributed by atoms with E-state index < -0.39 is 17.6 Å². The van der Waals surface area contributed by atoms with Crippen LogP contribution in [-0.4, -0.2) is 26.2 Å². The molecule has 0 fully saturated rings. The van der Waals surface area contributed by atoms with E-state index in [1.807, 2.05) is 0 Å². The van der Waals surface area contributed by atoms with E-state index in [9.17, 15) is 18.0 Å². The van der Waals surface area contributed by atoms with Gasteiger partial charge in [0.05, 0.1) is 12.2 Å². The summed E-state index contributed by atoms with van der Waals surface area (Å²) in [4.78, 5) is 11.4. The summed E-state index contributed by atoms with van der Waals surface area (Å²) in [6, 6.07) is 2.92. The first-order valence-electron chi connectivity index (χ1n) is 5.66. The molecule has 3 nitrogen and oxygen atoms in total. The number of ether oxygens (including phenoxy) is 1. The smallest absolute Gasteiger partial charge is 0.383 e. The maximum atomic E-state index is 12.5. The van der Waals surface area contributed by atoms with Crippen molar-refractivity contribution in [3.05, 3.63) is 40.4 Å². The summed E-state index contributed by atoms with van der Waals surface area (Å²) in [5, 5.41) is 2.64. The third-order valence-corrected chi connectivity index (χ3v) is 2.69. The fourth-order valence-electron chi connectivity index (χ4n) is 1.35. The zero-order valence-corrected chi connectivity index (χ0v) is 11.4. The number of amides is 1. The number of rotatable bonds is 5. The van der Waals surface area contributed by atoms with Gasteiger partial charge >= 0.3 is 6.18 Å². The van der Waals surface area contributed by atoms with Gasteiger partial charge in [-0.3, -0.25) is 4.79 Å². The average Bonchev–Trinajstić information content (AvgIpc) is 2.36. The van der Waals surface area contributed by atoms with Gasteiger partial charge in [-0.1, -0.05) is 11.6 Å². The van der Waals surface area contributed by atoms with E-state index in [4.69, 9.17) is 16.3 Å². The van der Waals surface area contributed by atoms with Crippen LogP contribution in [0.25, 0.3) is 6.08 Å². The van der Waals surface area contributed by atoms with Crippen LogP contribution >= 0.6 is 11.6 Å². The Kier molecular flexibility index (Phi) is 6.04. The monoisotopic (exact) mass is 307 g/mol. The summed E-state index contributed by atoms with van der Waals surface area (Å²) in [5.41, 5.74) is -0.690. The Labute approximate surface area is 119 Å². The molecule has 0 atom stereocenters. The minimum atomic E-state index is -4.45. The molecule has 0 heterocycles. The van der Waals surface area contributed by atoms with E-state index in [1.54, 1.807) is 0 Å². The number of nitrogens with one attached hydrogen (secondary N) is 1. The topological polar surface area (TPSA) is 38.3 Å². The van der Waals surface area contributed by atoms with Gasteiger partial charge < -0.3 is 10.1 Å². The van der Waals surface area contributed by atoms with Gasteiger partial charge in [-0.25, -0.2) is 0 Å². The van der Waals surface area contributed by atoms with Gasteiger partial charge in [0.1, 0.15) is 0 Å². The van der Waals surface area contributed by atoms with E-state index in [1.165, 1.54) is 13.2 Å². The van der Waals surface area contributed by atoms with Crippen molar-refractivity contribution in [2.45, 2.75) is 6.18 Å². The molecule has 0 aliphatic carbocycles. The van der Waals surface area contributed by atoms with E-state index in [0.717, 1.165) is 24.3 Å². The molecule has 20 heavy (non-hydrogen) atoms. The lowest BCUT2D eigenvalue weighted by Gasteiger charge is -2.08. The van der Waals surface area contributed by atoms with Crippen molar-refractivity contribution in [1.82, 2.24) is 5.32 Å². The molecule has 7 heteroatoms. The Bertz CT molecular complexity index is 501. The Morgan fingerprint density at radius 2 is 2.15 bits per heavy atom. The zero-order valence-electron chi connectivity index (χ0n) is 10.6. The molecule has 1 aromatic rings. The lowest BCUT2D eigenvalue weighted by Crippen LogP contribution is -2.24. The Hall–Kier alpha value is -1.53. The fourth-order valence-corrected chi connectivity index (χ4v) is 1.53. The summed E-state index contributed by atoms with van der Waals surface area (Å²) in [5.74, 6) is -0.435. The first-order chi connectivity index (χ1) is 9.34. The highest BCUT2D eigenvalue weighted by Gasteiger charge is 2.30. The molecular weight excluding hydrogens is 295 g/mol. The van der Waals surface area contributed by atoms with Crippen molar-refractivity contribution in [1.29, 1.82) is 0 Å². The van der Waals surface area contributed by atoms with Gasteiger partial charge in [-0.2, -0.15) is 13.2 Å². The van der Waals surface area contributed by atoms with Gasteiger partial charge in [0.15, 0.2) is 0 Å². The lowest BCUT2D eigenvalue weighted by molar-refractivity contribution is -0.137. The molecule has 0 unspecified atom stereocenters. The lowest BCUT2D eigenvalue weighted by atomic mass is 10.1. The molecule has 0 spiro atoms. The van der Waals surface area contributed by atoms with Crippen LogP contribution in [0.3, 0.4) is 0 Å². The molecule has 0 radical (unpaired) electrons. The molecule has 0 aliphatic rings. The van der Waals surface area contributed by atoms with Crippen LogP contribution in [0.1, 0.15) is 11.1 Å². The fraction of sp³-hybridized carbons (Fsp3) is 0.308. The number of carbonyl (C=O) groups excluding carboxylic acids is 1. The first-order valence-corrected chi connectivity index (χ1v) is 6.04. The predicted octanol–water partition coefficient (Wildman–Crippen LogP) is 3.13. The Morgan fingerprint density at radius 3 is 2.75 bits per heavy atom. The molecule has 0 aromatic heterocycles. The van der Waals surface area contributed by atoms with Crippen LogP contribution < -0.4 is 5.32 Å². The van der Waals surface area contributed by atoms with Crippen molar-refractivity contribution < 1.29 is 22.7 Å². The quantitative estimate of drug-likeness (QED) is 0.670. The highest BCUT2D eigenvalue weighted by molar-refractivity contribution is 6.32. The Morgan fingerprint density at radius 1 is 1.45 bits per heavy atom. The minimum Gasteiger partial charge on any atom is -0.383 e. The van der Waals surface area contributed by atoms with E-state index in [2.05, 4.69) is 5.32 Å². The maximum absolute atomic E-state index is 12.5. The standard InChI is InChI=1S/C13H13ClF3NO2/c1-20-7-6-18-12(19)5-2-9-8-10(13(15,16)17)3-4-11(9)14/h2-5,8H,6-7H2,1H3,(H,18,19)/b5-2+. The van der Waals surface area contributed by atoms with Crippen molar-refractivity contribution in [2.24, 2.45) is 0 Å². The van der Waals surface area contributed by atoms with Gasteiger partial charge in [0.2, 0.25) is 5.91 Å². The summed E-state index contributed by atoms with van der Waals surface area (Å²) >= 11 is 5.79. The van der Waals surface area contributed by atoms with Crippen LogP contribution in [0.5, 0.6) is 0 Å². The second kappa shape index (κ2) is 7.31. The van der Waals surface area contributed by atoms with Crippen LogP contribution in [0.2, 0.25) is 5.02 Å². The molecular formula is C13H13ClF3NO2. The van der Waals surface area contributed by atoms with Crippen molar-refractivity contribution in [3.8, 4) is 0 Å². The third-order valence-electron chi connectivity index (χ3n) is 2.34. The Balaban J connectivity index is 2.78. The maximum Gasteiger partial charge on any atom is 0.416 e.